The number of furan rings is 1. The minimum Gasteiger partial charge on any atom is -0.430 e. The number of aryl methyl sites for hydroxylation is 1. The van der Waals surface area contributed by atoms with Gasteiger partial charge >= 0.3 is 6.03 Å². The van der Waals surface area contributed by atoms with Crippen molar-refractivity contribution in [1.82, 2.24) is 14.8 Å². The molecule has 2 aromatic rings. The van der Waals surface area contributed by atoms with Gasteiger partial charge in [0, 0.05) is 31.9 Å². The van der Waals surface area contributed by atoms with Crippen molar-refractivity contribution in [3.05, 3.63) is 23.6 Å². The zero-order valence-electron chi connectivity index (χ0n) is 16.4. The molecule has 1 atom stereocenters. The largest absolute Gasteiger partial charge is 0.430 e. The van der Waals surface area contributed by atoms with Gasteiger partial charge in [0.25, 0.3) is 5.91 Å². The molecule has 9 nitrogen and oxygen atoms in total. The van der Waals surface area contributed by atoms with Crippen molar-refractivity contribution < 1.29 is 18.8 Å². The molecule has 29 heavy (non-hydrogen) atoms. The predicted octanol–water partition coefficient (Wildman–Crippen LogP) is 2.10. The van der Waals surface area contributed by atoms with E-state index in [-0.39, 0.29) is 35.0 Å². The lowest BCUT2D eigenvalue weighted by Gasteiger charge is -2.33. The number of nitrogens with zero attached hydrogens (tertiary/aromatic N) is 3. The Labute approximate surface area is 168 Å². The first-order valence-corrected chi connectivity index (χ1v) is 9.98. The molecule has 0 aliphatic carbocycles. The molecule has 4 heterocycles. The van der Waals surface area contributed by atoms with Crippen molar-refractivity contribution >= 4 is 34.6 Å². The van der Waals surface area contributed by atoms with E-state index in [2.05, 4.69) is 10.3 Å². The minimum atomic E-state index is -0.781. The van der Waals surface area contributed by atoms with Crippen LogP contribution < -0.4 is 11.1 Å². The Morgan fingerprint density at radius 1 is 1.14 bits per heavy atom. The summed E-state index contributed by atoms with van der Waals surface area (Å²) in [4.78, 5) is 45.2. The van der Waals surface area contributed by atoms with Crippen LogP contribution in [0.3, 0.4) is 0 Å². The third-order valence-corrected chi connectivity index (χ3v) is 5.63. The van der Waals surface area contributed by atoms with E-state index in [1.165, 1.54) is 0 Å². The molecule has 2 aromatic heterocycles. The van der Waals surface area contributed by atoms with Crippen molar-refractivity contribution in [1.29, 1.82) is 0 Å². The maximum absolute atomic E-state index is 12.9. The van der Waals surface area contributed by atoms with Crippen molar-refractivity contribution in [3.8, 4) is 0 Å². The van der Waals surface area contributed by atoms with Gasteiger partial charge in [0.05, 0.1) is 11.3 Å². The van der Waals surface area contributed by atoms with Crippen molar-refractivity contribution in [3.63, 3.8) is 0 Å². The summed E-state index contributed by atoms with van der Waals surface area (Å²) < 4.78 is 5.48. The Morgan fingerprint density at radius 3 is 2.59 bits per heavy atom. The third-order valence-electron chi connectivity index (χ3n) is 5.63. The van der Waals surface area contributed by atoms with Crippen LogP contribution >= 0.6 is 0 Å². The highest BCUT2D eigenvalue weighted by Gasteiger charge is 2.33. The number of piperidine rings is 1. The van der Waals surface area contributed by atoms with E-state index in [9.17, 15) is 14.4 Å². The molecule has 0 radical (unpaired) electrons. The third kappa shape index (κ3) is 3.76. The monoisotopic (exact) mass is 399 g/mol. The zero-order valence-corrected chi connectivity index (χ0v) is 16.4. The SMILES string of the molecule is Cc1ccc2c(NC(=O)N3CCCC(C(=O)N4CCCC4)C3)c(C(N)=O)oc2n1. The van der Waals surface area contributed by atoms with E-state index in [1.54, 1.807) is 24.0 Å². The molecule has 3 N–H and O–H groups in total. The van der Waals surface area contributed by atoms with Crippen LogP contribution in [0, 0.1) is 12.8 Å². The summed E-state index contributed by atoms with van der Waals surface area (Å²) in [5.41, 5.74) is 6.61. The summed E-state index contributed by atoms with van der Waals surface area (Å²) in [6.45, 7) is 4.32. The highest BCUT2D eigenvalue weighted by atomic mass is 16.4. The topological polar surface area (TPSA) is 122 Å². The number of fused-ring (bicyclic) bond motifs is 1. The number of urea groups is 1. The molecule has 154 valence electrons. The fourth-order valence-electron chi connectivity index (χ4n) is 4.11. The van der Waals surface area contributed by atoms with E-state index in [0.717, 1.165) is 44.5 Å². The Balaban J connectivity index is 1.52. The Hall–Kier alpha value is -3.10. The van der Waals surface area contributed by atoms with E-state index in [1.807, 2.05) is 4.90 Å². The van der Waals surface area contributed by atoms with Crippen LogP contribution in [0.4, 0.5) is 10.5 Å². The number of carbonyl (C=O) groups excluding carboxylic acids is 3. The first-order valence-electron chi connectivity index (χ1n) is 9.98. The molecular formula is C20H25N5O4. The number of pyridine rings is 1. The second-order valence-corrected chi connectivity index (χ2v) is 7.72. The average molecular weight is 399 g/mol. The Bertz CT molecular complexity index is 963. The molecule has 4 amide bonds. The fraction of sp³-hybridized carbons (Fsp3) is 0.500. The van der Waals surface area contributed by atoms with Crippen LogP contribution in [-0.2, 0) is 4.79 Å². The maximum Gasteiger partial charge on any atom is 0.321 e. The number of rotatable bonds is 3. The zero-order chi connectivity index (χ0) is 20.5. The standard InChI is InChI=1S/C20H25N5O4/c1-12-6-7-14-15(16(17(21)26)29-18(14)22-12)23-20(28)25-10-4-5-13(11-25)19(27)24-8-2-3-9-24/h6-7,13H,2-5,8-11H2,1H3,(H2,21,26)(H,23,28). The highest BCUT2D eigenvalue weighted by Crippen LogP contribution is 2.30. The van der Waals surface area contributed by atoms with E-state index in [0.29, 0.717) is 18.5 Å². The molecule has 9 heteroatoms. The minimum absolute atomic E-state index is 0.131. The number of primary amides is 1. The maximum atomic E-state index is 12.9. The number of nitrogens with two attached hydrogens (primary N) is 1. The second kappa shape index (κ2) is 7.73. The number of hydrogen-bond donors (Lipinski definition) is 2. The summed E-state index contributed by atoms with van der Waals surface area (Å²) in [7, 11) is 0. The fourth-order valence-corrected chi connectivity index (χ4v) is 4.11. The molecule has 2 fully saturated rings. The summed E-state index contributed by atoms with van der Waals surface area (Å²) in [5.74, 6) is -0.968. The van der Waals surface area contributed by atoms with Gasteiger partial charge < -0.3 is 25.3 Å². The van der Waals surface area contributed by atoms with E-state index < -0.39 is 5.91 Å². The normalized spacial score (nSPS) is 19.6. The number of amides is 4. The Morgan fingerprint density at radius 2 is 1.86 bits per heavy atom. The predicted molar refractivity (Wildman–Crippen MR) is 106 cm³/mol. The molecule has 4 rings (SSSR count). The molecular weight excluding hydrogens is 374 g/mol. The van der Waals surface area contributed by atoms with Gasteiger partial charge in [-0.15, -0.1) is 0 Å². The van der Waals surface area contributed by atoms with Crippen molar-refractivity contribution in [2.75, 3.05) is 31.5 Å². The van der Waals surface area contributed by atoms with E-state index in [4.69, 9.17) is 10.2 Å². The first kappa shape index (κ1) is 19.2. The van der Waals surface area contributed by atoms with Gasteiger partial charge in [-0.05, 0) is 44.7 Å². The first-order chi connectivity index (χ1) is 13.9. The van der Waals surface area contributed by atoms with Crippen LogP contribution in [0.1, 0.15) is 41.9 Å². The number of carbonyl (C=O) groups is 3. The van der Waals surface area contributed by atoms with Gasteiger partial charge in [0.1, 0.15) is 5.69 Å². The molecule has 2 saturated heterocycles. The number of aromatic nitrogens is 1. The van der Waals surface area contributed by atoms with Crippen LogP contribution in [0.5, 0.6) is 0 Å². The highest BCUT2D eigenvalue weighted by molar-refractivity contribution is 6.09. The second-order valence-electron chi connectivity index (χ2n) is 7.72. The van der Waals surface area contributed by atoms with Crippen LogP contribution in [-0.4, -0.2) is 58.8 Å². The lowest BCUT2D eigenvalue weighted by atomic mass is 9.97. The molecule has 2 aliphatic heterocycles. The molecule has 0 saturated carbocycles. The molecule has 1 unspecified atom stereocenters. The molecule has 2 aliphatic rings. The average Bonchev–Trinajstić information content (AvgIpc) is 3.36. The summed E-state index contributed by atoms with van der Waals surface area (Å²) >= 11 is 0. The van der Waals surface area contributed by atoms with Crippen LogP contribution in [0.2, 0.25) is 0 Å². The summed E-state index contributed by atoms with van der Waals surface area (Å²) in [5, 5.41) is 3.27. The quantitative estimate of drug-likeness (QED) is 0.818. The lowest BCUT2D eigenvalue weighted by molar-refractivity contribution is -0.135. The van der Waals surface area contributed by atoms with Gasteiger partial charge in [-0.25, -0.2) is 9.78 Å². The smallest absolute Gasteiger partial charge is 0.321 e. The number of anilines is 1. The number of likely N-dealkylation sites (tertiary alicyclic amines) is 2. The van der Waals surface area contributed by atoms with E-state index >= 15 is 0 Å². The summed E-state index contributed by atoms with van der Waals surface area (Å²) in [6, 6.07) is 3.12. The Kier molecular flexibility index (Phi) is 5.12. The molecule has 0 aromatic carbocycles. The van der Waals surface area contributed by atoms with Gasteiger partial charge in [0.2, 0.25) is 17.4 Å². The summed E-state index contributed by atoms with van der Waals surface area (Å²) in [6.07, 6.45) is 3.62. The van der Waals surface area contributed by atoms with Crippen molar-refractivity contribution in [2.45, 2.75) is 32.6 Å². The number of hydrogen-bond acceptors (Lipinski definition) is 5. The number of nitrogens with one attached hydrogen (secondary N) is 1. The van der Waals surface area contributed by atoms with Crippen LogP contribution in [0.15, 0.2) is 16.5 Å². The van der Waals surface area contributed by atoms with Crippen molar-refractivity contribution in [2.24, 2.45) is 11.7 Å². The molecule has 0 spiro atoms. The van der Waals surface area contributed by atoms with Crippen LogP contribution in [0.25, 0.3) is 11.1 Å². The lowest BCUT2D eigenvalue weighted by Crippen LogP contribution is -2.47. The van der Waals surface area contributed by atoms with Gasteiger partial charge in [0.15, 0.2) is 0 Å². The molecule has 0 bridgehead atoms. The van der Waals surface area contributed by atoms with Gasteiger partial charge in [-0.3, -0.25) is 9.59 Å². The van der Waals surface area contributed by atoms with Gasteiger partial charge in [-0.1, -0.05) is 0 Å². The van der Waals surface area contributed by atoms with Gasteiger partial charge in [-0.2, -0.15) is 0 Å².